The summed E-state index contributed by atoms with van der Waals surface area (Å²) >= 11 is 1.39. The number of hydrogen-bond acceptors (Lipinski definition) is 5. The minimum Gasteiger partial charge on any atom is -0.464 e. The van der Waals surface area contributed by atoms with Crippen LogP contribution in [0.25, 0.3) is 21.7 Å². The first-order valence-electron chi connectivity index (χ1n) is 9.58. The number of anilines is 1. The van der Waals surface area contributed by atoms with E-state index in [2.05, 4.69) is 15.3 Å². The number of rotatable bonds is 6. The van der Waals surface area contributed by atoms with Crippen molar-refractivity contribution in [2.75, 3.05) is 5.32 Å². The van der Waals surface area contributed by atoms with Crippen molar-refractivity contribution in [2.45, 2.75) is 13.0 Å². The molecule has 1 amide bonds. The molecule has 0 unspecified atom stereocenters. The number of aryl methyl sites for hydroxylation is 2. The quantitative estimate of drug-likeness (QED) is 0.412. The Morgan fingerprint density at radius 1 is 1.03 bits per heavy atom. The SMILES string of the molecule is O=C(Nc1nc2ccccc2n1CCc1ccccn1)c1ccc(-c2ccco2)s1. The van der Waals surface area contributed by atoms with E-state index < -0.39 is 0 Å². The maximum absolute atomic E-state index is 12.9. The van der Waals surface area contributed by atoms with E-state index in [1.54, 1.807) is 18.5 Å². The molecule has 30 heavy (non-hydrogen) atoms. The molecule has 0 fully saturated rings. The fourth-order valence-electron chi connectivity index (χ4n) is 3.34. The number of nitrogens with zero attached hydrogens (tertiary/aromatic N) is 3. The van der Waals surface area contributed by atoms with Gasteiger partial charge in [-0.15, -0.1) is 11.3 Å². The average molecular weight is 414 g/mol. The van der Waals surface area contributed by atoms with Crippen LogP contribution in [0.2, 0.25) is 0 Å². The molecule has 0 atom stereocenters. The second kappa shape index (κ2) is 7.96. The van der Waals surface area contributed by atoms with Crippen LogP contribution in [-0.4, -0.2) is 20.4 Å². The first-order valence-corrected chi connectivity index (χ1v) is 10.4. The molecular formula is C23H18N4O2S. The van der Waals surface area contributed by atoms with E-state index >= 15 is 0 Å². The van der Waals surface area contributed by atoms with Crippen molar-refractivity contribution in [1.82, 2.24) is 14.5 Å². The minimum absolute atomic E-state index is 0.188. The first-order chi connectivity index (χ1) is 14.8. The van der Waals surface area contributed by atoms with Crippen molar-refractivity contribution in [1.29, 1.82) is 0 Å². The van der Waals surface area contributed by atoms with Crippen molar-refractivity contribution in [2.24, 2.45) is 0 Å². The number of amides is 1. The first kappa shape index (κ1) is 18.3. The number of imidazole rings is 1. The molecule has 4 aromatic heterocycles. The number of fused-ring (bicyclic) bond motifs is 1. The molecule has 7 heteroatoms. The van der Waals surface area contributed by atoms with Crippen LogP contribution in [0.15, 0.2) is 83.6 Å². The number of aromatic nitrogens is 3. The zero-order valence-electron chi connectivity index (χ0n) is 16.0. The second-order valence-corrected chi connectivity index (χ2v) is 7.83. The van der Waals surface area contributed by atoms with Gasteiger partial charge in [-0.25, -0.2) is 4.98 Å². The lowest BCUT2D eigenvalue weighted by molar-refractivity contribution is 0.102. The Labute approximate surface area is 176 Å². The summed E-state index contributed by atoms with van der Waals surface area (Å²) in [6.45, 7) is 0.662. The Hall–Kier alpha value is -3.71. The number of furan rings is 1. The fourth-order valence-corrected chi connectivity index (χ4v) is 4.21. The molecule has 5 aromatic rings. The zero-order valence-corrected chi connectivity index (χ0v) is 16.8. The zero-order chi connectivity index (χ0) is 20.3. The lowest BCUT2D eigenvalue weighted by atomic mass is 10.2. The number of thiophene rings is 1. The molecule has 0 aliphatic carbocycles. The average Bonchev–Trinajstić information content (AvgIpc) is 3.52. The van der Waals surface area contributed by atoms with Crippen molar-refractivity contribution in [3.8, 4) is 10.6 Å². The fraction of sp³-hybridized carbons (Fsp3) is 0.0870. The molecule has 0 aliphatic heterocycles. The van der Waals surface area contributed by atoms with Gasteiger partial charge in [-0.2, -0.15) is 0 Å². The van der Waals surface area contributed by atoms with Crippen LogP contribution < -0.4 is 5.32 Å². The van der Waals surface area contributed by atoms with E-state index in [0.717, 1.165) is 33.8 Å². The molecule has 6 nitrogen and oxygen atoms in total. The van der Waals surface area contributed by atoms with Gasteiger partial charge in [0, 0.05) is 24.9 Å². The van der Waals surface area contributed by atoms with Gasteiger partial charge in [0.1, 0.15) is 5.76 Å². The Balaban J connectivity index is 1.41. The highest BCUT2D eigenvalue weighted by Gasteiger charge is 2.17. The van der Waals surface area contributed by atoms with Crippen LogP contribution in [0.4, 0.5) is 5.95 Å². The number of carbonyl (C=O) groups excluding carboxylic acids is 1. The highest BCUT2D eigenvalue weighted by Crippen LogP contribution is 2.29. The summed E-state index contributed by atoms with van der Waals surface area (Å²) in [6.07, 6.45) is 4.15. The third-order valence-corrected chi connectivity index (χ3v) is 5.89. The molecule has 5 rings (SSSR count). The number of nitrogens with one attached hydrogen (secondary N) is 1. The van der Waals surface area contributed by atoms with Crippen LogP contribution in [0.3, 0.4) is 0 Å². The van der Waals surface area contributed by atoms with Gasteiger partial charge in [0.05, 0.1) is 27.1 Å². The molecule has 0 saturated carbocycles. The molecular weight excluding hydrogens is 396 g/mol. The van der Waals surface area contributed by atoms with E-state index in [9.17, 15) is 4.79 Å². The Morgan fingerprint density at radius 2 is 1.93 bits per heavy atom. The molecule has 4 heterocycles. The third-order valence-electron chi connectivity index (χ3n) is 4.79. The summed E-state index contributed by atoms with van der Waals surface area (Å²) < 4.78 is 7.45. The van der Waals surface area contributed by atoms with Gasteiger partial charge in [0.25, 0.3) is 5.91 Å². The van der Waals surface area contributed by atoms with Crippen LogP contribution in [0, 0.1) is 0 Å². The lowest BCUT2D eigenvalue weighted by Gasteiger charge is -2.09. The van der Waals surface area contributed by atoms with Gasteiger partial charge >= 0.3 is 0 Å². The van der Waals surface area contributed by atoms with Gasteiger partial charge < -0.3 is 8.98 Å². The van der Waals surface area contributed by atoms with E-state index in [-0.39, 0.29) is 5.91 Å². The van der Waals surface area contributed by atoms with Crippen LogP contribution >= 0.6 is 11.3 Å². The van der Waals surface area contributed by atoms with Gasteiger partial charge in [-0.1, -0.05) is 18.2 Å². The number of carbonyl (C=O) groups is 1. The summed E-state index contributed by atoms with van der Waals surface area (Å²) in [5, 5.41) is 2.98. The minimum atomic E-state index is -0.188. The van der Waals surface area contributed by atoms with E-state index in [0.29, 0.717) is 17.4 Å². The van der Waals surface area contributed by atoms with Crippen molar-refractivity contribution in [3.63, 3.8) is 0 Å². The number of pyridine rings is 1. The highest BCUT2D eigenvalue weighted by atomic mass is 32.1. The molecule has 0 spiro atoms. The summed E-state index contributed by atoms with van der Waals surface area (Å²) in [4.78, 5) is 23.5. The second-order valence-electron chi connectivity index (χ2n) is 6.74. The number of benzene rings is 1. The van der Waals surface area contributed by atoms with Gasteiger partial charge in [-0.3, -0.25) is 15.1 Å². The Morgan fingerprint density at radius 3 is 2.77 bits per heavy atom. The smallest absolute Gasteiger partial charge is 0.268 e. The summed E-state index contributed by atoms with van der Waals surface area (Å²) in [5.41, 5.74) is 2.82. The van der Waals surface area contributed by atoms with Crippen LogP contribution in [0.1, 0.15) is 15.4 Å². The Bertz CT molecular complexity index is 1290. The molecule has 1 N–H and O–H groups in total. The maximum atomic E-state index is 12.9. The van der Waals surface area contributed by atoms with E-state index in [1.807, 2.05) is 65.2 Å². The topological polar surface area (TPSA) is 73.0 Å². The summed E-state index contributed by atoms with van der Waals surface area (Å²) in [5.74, 6) is 1.10. The molecule has 148 valence electrons. The summed E-state index contributed by atoms with van der Waals surface area (Å²) in [7, 11) is 0. The van der Waals surface area contributed by atoms with Gasteiger partial charge in [0.2, 0.25) is 5.95 Å². The highest BCUT2D eigenvalue weighted by molar-refractivity contribution is 7.17. The lowest BCUT2D eigenvalue weighted by Crippen LogP contribution is -2.15. The molecule has 1 aromatic carbocycles. The normalized spacial score (nSPS) is 11.1. The van der Waals surface area contributed by atoms with Crippen LogP contribution in [0.5, 0.6) is 0 Å². The largest absolute Gasteiger partial charge is 0.464 e. The van der Waals surface area contributed by atoms with Crippen LogP contribution in [-0.2, 0) is 13.0 Å². The molecule has 0 saturated heterocycles. The monoisotopic (exact) mass is 414 g/mol. The standard InChI is InChI=1S/C23H18N4O2S/c28-22(21-11-10-20(30-21)19-9-5-15-29-19)26-23-25-17-7-1-2-8-18(17)27(23)14-12-16-6-3-4-13-24-16/h1-11,13,15H,12,14H2,(H,25,26,28). The Kier molecular flexibility index (Phi) is 4.86. The third kappa shape index (κ3) is 3.62. The number of hydrogen-bond donors (Lipinski definition) is 1. The molecule has 0 bridgehead atoms. The van der Waals surface area contributed by atoms with Gasteiger partial charge in [-0.05, 0) is 48.5 Å². The van der Waals surface area contributed by atoms with E-state index in [1.165, 1.54) is 11.3 Å². The van der Waals surface area contributed by atoms with Crippen molar-refractivity contribution in [3.05, 3.63) is 89.8 Å². The van der Waals surface area contributed by atoms with Gasteiger partial charge in [0.15, 0.2) is 0 Å². The maximum Gasteiger partial charge on any atom is 0.268 e. The summed E-state index contributed by atoms with van der Waals surface area (Å²) in [6, 6.07) is 21.2. The predicted molar refractivity (Wildman–Crippen MR) is 118 cm³/mol. The van der Waals surface area contributed by atoms with Crippen molar-refractivity contribution >= 4 is 34.2 Å². The number of para-hydroxylation sites is 2. The predicted octanol–water partition coefficient (Wildman–Crippen LogP) is 5.25. The molecule has 0 radical (unpaired) electrons. The van der Waals surface area contributed by atoms with Crippen molar-refractivity contribution < 1.29 is 9.21 Å². The molecule has 0 aliphatic rings. The van der Waals surface area contributed by atoms with E-state index in [4.69, 9.17) is 4.42 Å².